The molecular weight excluding hydrogens is 306 g/mol. The molecule has 0 aromatic heterocycles. The van der Waals surface area contributed by atoms with Crippen molar-refractivity contribution in [3.63, 3.8) is 0 Å². The zero-order valence-electron chi connectivity index (χ0n) is 14.0. The molecule has 0 aromatic carbocycles. The van der Waals surface area contributed by atoms with Crippen molar-refractivity contribution in [1.82, 2.24) is 14.9 Å². The normalized spacial score (nSPS) is 19.7. The van der Waals surface area contributed by atoms with Crippen LogP contribution in [0.4, 0.5) is 4.79 Å². The molecular formula is C14H29N3O4S. The third-order valence-corrected chi connectivity index (χ3v) is 5.51. The van der Waals surface area contributed by atoms with Gasteiger partial charge in [-0.3, -0.25) is 0 Å². The maximum absolute atomic E-state index is 12.2. The summed E-state index contributed by atoms with van der Waals surface area (Å²) in [6.45, 7) is 5.00. The van der Waals surface area contributed by atoms with Crippen LogP contribution in [-0.2, 0) is 14.8 Å². The van der Waals surface area contributed by atoms with E-state index in [0.717, 1.165) is 19.3 Å². The van der Waals surface area contributed by atoms with Gasteiger partial charge in [-0.1, -0.05) is 13.8 Å². The van der Waals surface area contributed by atoms with Crippen molar-refractivity contribution in [3.05, 3.63) is 0 Å². The first-order valence-electron chi connectivity index (χ1n) is 7.68. The fourth-order valence-corrected chi connectivity index (χ4v) is 4.21. The first-order chi connectivity index (χ1) is 10.1. The summed E-state index contributed by atoms with van der Waals surface area (Å²) in [5, 5.41) is 2.62. The Morgan fingerprint density at radius 3 is 2.50 bits per heavy atom. The van der Waals surface area contributed by atoms with E-state index in [1.165, 1.54) is 4.90 Å². The number of hydrogen-bond acceptors (Lipinski definition) is 4. The molecule has 1 aliphatic rings. The Morgan fingerprint density at radius 1 is 1.27 bits per heavy atom. The summed E-state index contributed by atoms with van der Waals surface area (Å²) in [4.78, 5) is 12.7. The largest absolute Gasteiger partial charge is 0.378 e. The SMILES string of the molecule is CN(C)C(=O)NCCNS(=O)(=O)CC(C)(C)C1CCCCO1. The van der Waals surface area contributed by atoms with E-state index in [0.29, 0.717) is 6.61 Å². The van der Waals surface area contributed by atoms with Gasteiger partial charge in [-0.05, 0) is 19.3 Å². The molecule has 22 heavy (non-hydrogen) atoms. The lowest BCUT2D eigenvalue weighted by Gasteiger charge is -2.36. The highest BCUT2D eigenvalue weighted by molar-refractivity contribution is 7.89. The number of sulfonamides is 1. The van der Waals surface area contributed by atoms with Crippen LogP contribution in [0.3, 0.4) is 0 Å². The van der Waals surface area contributed by atoms with E-state index in [9.17, 15) is 13.2 Å². The Hall–Kier alpha value is -0.860. The molecule has 1 heterocycles. The third kappa shape index (κ3) is 6.50. The predicted octanol–water partition coefficient (Wildman–Crippen LogP) is 0.772. The molecule has 1 rings (SSSR count). The zero-order valence-corrected chi connectivity index (χ0v) is 14.8. The van der Waals surface area contributed by atoms with Gasteiger partial charge in [-0.15, -0.1) is 0 Å². The highest BCUT2D eigenvalue weighted by atomic mass is 32.2. The van der Waals surface area contributed by atoms with Crippen molar-refractivity contribution in [1.29, 1.82) is 0 Å². The minimum atomic E-state index is -3.40. The van der Waals surface area contributed by atoms with Crippen LogP contribution in [0.2, 0.25) is 0 Å². The summed E-state index contributed by atoms with van der Waals surface area (Å²) < 4.78 is 32.6. The van der Waals surface area contributed by atoms with Gasteiger partial charge in [0.05, 0.1) is 11.9 Å². The maximum atomic E-state index is 12.2. The molecule has 1 saturated heterocycles. The fourth-order valence-electron chi connectivity index (χ4n) is 2.52. The summed E-state index contributed by atoms with van der Waals surface area (Å²) >= 11 is 0. The Labute approximate surface area is 133 Å². The number of ether oxygens (including phenoxy) is 1. The van der Waals surface area contributed by atoms with Gasteiger partial charge in [0.25, 0.3) is 0 Å². The molecule has 0 aliphatic carbocycles. The van der Waals surface area contributed by atoms with Gasteiger partial charge in [-0.25, -0.2) is 17.9 Å². The summed E-state index contributed by atoms with van der Waals surface area (Å²) in [6, 6.07) is -0.241. The van der Waals surface area contributed by atoms with Gasteiger partial charge >= 0.3 is 6.03 Å². The lowest BCUT2D eigenvalue weighted by atomic mass is 9.84. The molecule has 8 heteroatoms. The number of amides is 2. The number of rotatable bonds is 7. The monoisotopic (exact) mass is 335 g/mol. The standard InChI is InChI=1S/C14H29N3O4S/c1-14(2,12-7-5-6-10-21-12)11-22(19,20)16-9-8-15-13(18)17(3)4/h12,16H,5-11H2,1-4H3,(H,15,18). The average Bonchev–Trinajstić information content (AvgIpc) is 2.43. The average molecular weight is 335 g/mol. The molecule has 0 saturated carbocycles. The molecule has 130 valence electrons. The van der Waals surface area contributed by atoms with Crippen LogP contribution in [0.15, 0.2) is 0 Å². The molecule has 0 radical (unpaired) electrons. The molecule has 2 N–H and O–H groups in total. The van der Waals surface area contributed by atoms with Crippen molar-refractivity contribution >= 4 is 16.1 Å². The first kappa shape index (κ1) is 19.2. The van der Waals surface area contributed by atoms with E-state index in [4.69, 9.17) is 4.74 Å². The Balaban J connectivity index is 2.40. The van der Waals surface area contributed by atoms with Crippen LogP contribution in [0.1, 0.15) is 33.1 Å². The van der Waals surface area contributed by atoms with Gasteiger partial charge in [0.2, 0.25) is 10.0 Å². The summed E-state index contributed by atoms with van der Waals surface area (Å²) in [7, 11) is -0.139. The minimum Gasteiger partial charge on any atom is -0.378 e. The zero-order chi connectivity index (χ0) is 16.8. The van der Waals surface area contributed by atoms with E-state index >= 15 is 0 Å². The number of nitrogens with zero attached hydrogens (tertiary/aromatic N) is 1. The van der Waals surface area contributed by atoms with Gasteiger partial charge in [0.15, 0.2) is 0 Å². The van der Waals surface area contributed by atoms with Crippen LogP contribution >= 0.6 is 0 Å². The van der Waals surface area contributed by atoms with Crippen LogP contribution in [-0.4, -0.2) is 65.0 Å². The minimum absolute atomic E-state index is 0.0201. The summed E-state index contributed by atoms with van der Waals surface area (Å²) in [5.41, 5.74) is -0.431. The highest BCUT2D eigenvalue weighted by Crippen LogP contribution is 2.31. The second-order valence-electron chi connectivity index (χ2n) is 6.62. The number of urea groups is 1. The van der Waals surface area contributed by atoms with Crippen LogP contribution < -0.4 is 10.0 Å². The number of nitrogens with one attached hydrogen (secondary N) is 2. The highest BCUT2D eigenvalue weighted by Gasteiger charge is 2.35. The van der Waals surface area contributed by atoms with Gasteiger partial charge in [-0.2, -0.15) is 0 Å². The second kappa shape index (κ2) is 8.12. The van der Waals surface area contributed by atoms with Crippen molar-refractivity contribution in [2.24, 2.45) is 5.41 Å². The second-order valence-corrected chi connectivity index (χ2v) is 8.43. The van der Waals surface area contributed by atoms with E-state index in [1.54, 1.807) is 14.1 Å². The predicted molar refractivity (Wildman–Crippen MR) is 86.2 cm³/mol. The Kier molecular flexibility index (Phi) is 7.08. The maximum Gasteiger partial charge on any atom is 0.316 e. The Morgan fingerprint density at radius 2 is 1.95 bits per heavy atom. The smallest absolute Gasteiger partial charge is 0.316 e. The molecule has 0 spiro atoms. The van der Waals surface area contributed by atoms with Gasteiger partial charge in [0, 0.05) is 39.2 Å². The first-order valence-corrected chi connectivity index (χ1v) is 9.33. The van der Waals surface area contributed by atoms with Gasteiger partial charge in [0.1, 0.15) is 0 Å². The molecule has 2 amide bonds. The van der Waals surface area contributed by atoms with E-state index in [2.05, 4.69) is 10.0 Å². The van der Waals surface area contributed by atoms with Gasteiger partial charge < -0.3 is 15.0 Å². The van der Waals surface area contributed by atoms with Crippen LogP contribution in [0, 0.1) is 5.41 Å². The van der Waals surface area contributed by atoms with Crippen LogP contribution in [0.25, 0.3) is 0 Å². The fraction of sp³-hybridized carbons (Fsp3) is 0.929. The van der Waals surface area contributed by atoms with Crippen LogP contribution in [0.5, 0.6) is 0 Å². The number of hydrogen-bond donors (Lipinski definition) is 2. The summed E-state index contributed by atoms with van der Waals surface area (Å²) in [6.07, 6.45) is 3.01. The lowest BCUT2D eigenvalue weighted by Crippen LogP contribution is -2.45. The molecule has 0 bridgehead atoms. The molecule has 0 aromatic rings. The topological polar surface area (TPSA) is 87.7 Å². The third-order valence-electron chi connectivity index (χ3n) is 3.74. The summed E-state index contributed by atoms with van der Waals surface area (Å²) in [5.74, 6) is 0.0201. The molecule has 7 nitrogen and oxygen atoms in total. The van der Waals surface area contributed by atoms with Crippen molar-refractivity contribution < 1.29 is 17.9 Å². The molecule has 1 unspecified atom stereocenters. The van der Waals surface area contributed by atoms with E-state index in [-0.39, 0.29) is 31.0 Å². The molecule has 1 fully saturated rings. The van der Waals surface area contributed by atoms with E-state index in [1.807, 2.05) is 13.8 Å². The number of carbonyl (C=O) groups is 1. The number of carbonyl (C=O) groups excluding carboxylic acids is 1. The van der Waals surface area contributed by atoms with E-state index < -0.39 is 15.4 Å². The van der Waals surface area contributed by atoms with Crippen molar-refractivity contribution in [2.75, 3.05) is 39.5 Å². The molecule has 1 aliphatic heterocycles. The quantitative estimate of drug-likeness (QED) is 0.673. The lowest BCUT2D eigenvalue weighted by molar-refractivity contribution is -0.0461. The molecule has 1 atom stereocenters. The Bertz CT molecular complexity index is 457. The van der Waals surface area contributed by atoms with Crippen molar-refractivity contribution in [3.8, 4) is 0 Å². The van der Waals surface area contributed by atoms with Crippen molar-refractivity contribution in [2.45, 2.75) is 39.2 Å².